The lowest BCUT2D eigenvalue weighted by molar-refractivity contribution is 0.552. The number of fused-ring (bicyclic) bond motifs is 3. The van der Waals surface area contributed by atoms with Crippen LogP contribution in [0.2, 0.25) is 0 Å². The van der Waals surface area contributed by atoms with Gasteiger partial charge in [-0.25, -0.2) is 0 Å². The maximum atomic E-state index is 5.82. The summed E-state index contributed by atoms with van der Waals surface area (Å²) in [5.74, 6) is 1.16. The van der Waals surface area contributed by atoms with E-state index in [0.29, 0.717) is 0 Å². The van der Waals surface area contributed by atoms with Crippen LogP contribution in [0.5, 0.6) is 0 Å². The van der Waals surface area contributed by atoms with Gasteiger partial charge in [-0.15, -0.1) is 0 Å². The molecule has 1 aromatic heterocycles. The molecule has 3 rings (SSSR count). The van der Waals surface area contributed by atoms with Crippen LogP contribution in [0.3, 0.4) is 0 Å². The largest absolute Gasteiger partial charge is 0.460 e. The summed E-state index contributed by atoms with van der Waals surface area (Å²) in [6, 6.07) is 8.29. The first kappa shape index (κ1) is 7.86. The molecule has 1 heteroatoms. The monoisotopic (exact) mass is 184 g/mol. The maximum Gasteiger partial charge on any atom is 0.134 e. The van der Waals surface area contributed by atoms with Crippen LogP contribution in [0, 0.1) is 0 Å². The van der Waals surface area contributed by atoms with Crippen LogP contribution in [-0.2, 0) is 12.8 Å². The zero-order chi connectivity index (χ0) is 9.54. The van der Waals surface area contributed by atoms with Gasteiger partial charge in [0, 0.05) is 17.4 Å². The number of hydrogen-bond donors (Lipinski definition) is 0. The number of furan rings is 1. The molecule has 0 aliphatic heterocycles. The molecule has 0 fully saturated rings. The Bertz CT molecular complexity index is 517. The van der Waals surface area contributed by atoms with Crippen LogP contribution in [0.4, 0.5) is 0 Å². The molecule has 1 nitrogen and oxygen atoms in total. The van der Waals surface area contributed by atoms with Gasteiger partial charge < -0.3 is 4.42 Å². The van der Waals surface area contributed by atoms with Crippen LogP contribution in [0.1, 0.15) is 18.2 Å². The molecule has 1 aromatic carbocycles. The minimum absolute atomic E-state index is 0.976. The predicted molar refractivity (Wildman–Crippen MR) is 57.4 cm³/mol. The summed E-state index contributed by atoms with van der Waals surface area (Å²) >= 11 is 0. The quantitative estimate of drug-likeness (QED) is 0.571. The van der Waals surface area contributed by atoms with Crippen molar-refractivity contribution in [1.82, 2.24) is 0 Å². The molecule has 0 atom stereocenters. The van der Waals surface area contributed by atoms with Crippen molar-refractivity contribution in [2.24, 2.45) is 0 Å². The molecule has 0 saturated heterocycles. The molecule has 0 bridgehead atoms. The first-order chi connectivity index (χ1) is 6.84. The Morgan fingerprint density at radius 3 is 3.00 bits per heavy atom. The number of rotatable bonds is 0. The van der Waals surface area contributed by atoms with E-state index in [1.54, 1.807) is 0 Å². The van der Waals surface area contributed by atoms with Gasteiger partial charge in [-0.3, -0.25) is 0 Å². The van der Waals surface area contributed by atoms with Crippen molar-refractivity contribution in [3.63, 3.8) is 0 Å². The third-order valence-electron chi connectivity index (χ3n) is 2.88. The summed E-state index contributed by atoms with van der Waals surface area (Å²) < 4.78 is 5.82. The zero-order valence-electron chi connectivity index (χ0n) is 8.21. The van der Waals surface area contributed by atoms with Crippen LogP contribution < -0.4 is 0 Å². The molecule has 2 aromatic rings. The SMILES string of the molecule is CC1=CCc2c(oc3ccccc23)C1. The van der Waals surface area contributed by atoms with Gasteiger partial charge >= 0.3 is 0 Å². The van der Waals surface area contributed by atoms with Crippen LogP contribution in [0.15, 0.2) is 40.3 Å². The van der Waals surface area contributed by atoms with Crippen molar-refractivity contribution in [3.8, 4) is 0 Å². The van der Waals surface area contributed by atoms with Gasteiger partial charge in [0.25, 0.3) is 0 Å². The number of benzene rings is 1. The van der Waals surface area contributed by atoms with E-state index < -0.39 is 0 Å². The molecule has 1 aliphatic carbocycles. The van der Waals surface area contributed by atoms with Gasteiger partial charge in [-0.2, -0.15) is 0 Å². The Hall–Kier alpha value is -1.50. The van der Waals surface area contributed by atoms with E-state index >= 15 is 0 Å². The normalized spacial score (nSPS) is 15.4. The molecule has 0 saturated carbocycles. The first-order valence-corrected chi connectivity index (χ1v) is 4.99. The lowest BCUT2D eigenvalue weighted by Crippen LogP contribution is -1.97. The summed E-state index contributed by atoms with van der Waals surface area (Å²) in [5.41, 5.74) is 3.82. The molecule has 0 amide bonds. The first-order valence-electron chi connectivity index (χ1n) is 4.99. The third kappa shape index (κ3) is 1.02. The fourth-order valence-corrected chi connectivity index (χ4v) is 2.12. The smallest absolute Gasteiger partial charge is 0.134 e. The highest BCUT2D eigenvalue weighted by Gasteiger charge is 2.16. The molecule has 70 valence electrons. The molecule has 1 aliphatic rings. The summed E-state index contributed by atoms with van der Waals surface area (Å²) in [5, 5.41) is 1.28. The zero-order valence-corrected chi connectivity index (χ0v) is 8.21. The van der Waals surface area contributed by atoms with Crippen molar-refractivity contribution in [3.05, 3.63) is 47.2 Å². The standard InChI is InChI=1S/C13H12O/c1-9-6-7-11-10-4-2-3-5-12(10)14-13(11)8-9/h2-6H,7-8H2,1H3. The van der Waals surface area contributed by atoms with Gasteiger partial charge in [0.05, 0.1) is 0 Å². The van der Waals surface area contributed by atoms with Gasteiger partial charge in [0.1, 0.15) is 11.3 Å². The molecule has 0 N–H and O–H groups in total. The highest BCUT2D eigenvalue weighted by Crippen LogP contribution is 2.30. The Morgan fingerprint density at radius 2 is 2.07 bits per heavy atom. The van der Waals surface area contributed by atoms with E-state index in [-0.39, 0.29) is 0 Å². The second-order valence-corrected chi connectivity index (χ2v) is 3.93. The Kier molecular flexibility index (Phi) is 1.54. The molecule has 14 heavy (non-hydrogen) atoms. The van der Waals surface area contributed by atoms with E-state index in [2.05, 4.69) is 25.1 Å². The molecule has 0 unspecified atom stereocenters. The van der Waals surface area contributed by atoms with Crippen LogP contribution in [0.25, 0.3) is 11.0 Å². The van der Waals surface area contributed by atoms with Crippen LogP contribution in [-0.4, -0.2) is 0 Å². The number of hydrogen-bond acceptors (Lipinski definition) is 1. The highest BCUT2D eigenvalue weighted by atomic mass is 16.3. The Labute approximate surface area is 83.0 Å². The van der Waals surface area contributed by atoms with Crippen molar-refractivity contribution >= 4 is 11.0 Å². The molecule has 1 heterocycles. The minimum atomic E-state index is 0.976. The lowest BCUT2D eigenvalue weighted by Gasteiger charge is -2.07. The maximum absolute atomic E-state index is 5.82. The van der Waals surface area contributed by atoms with E-state index in [0.717, 1.165) is 24.2 Å². The second-order valence-electron chi connectivity index (χ2n) is 3.93. The van der Waals surface area contributed by atoms with Crippen molar-refractivity contribution in [1.29, 1.82) is 0 Å². The van der Waals surface area contributed by atoms with Crippen molar-refractivity contribution in [2.45, 2.75) is 19.8 Å². The van der Waals surface area contributed by atoms with E-state index in [1.165, 1.54) is 16.5 Å². The average Bonchev–Trinajstić information content (AvgIpc) is 2.54. The number of para-hydroxylation sites is 1. The minimum Gasteiger partial charge on any atom is -0.460 e. The van der Waals surface area contributed by atoms with E-state index in [4.69, 9.17) is 4.42 Å². The highest BCUT2D eigenvalue weighted by molar-refractivity contribution is 5.82. The number of allylic oxidation sites excluding steroid dienone is 2. The molecule has 0 radical (unpaired) electrons. The van der Waals surface area contributed by atoms with Gasteiger partial charge in [0.2, 0.25) is 0 Å². The Morgan fingerprint density at radius 1 is 1.21 bits per heavy atom. The lowest BCUT2D eigenvalue weighted by atomic mass is 9.97. The van der Waals surface area contributed by atoms with E-state index in [9.17, 15) is 0 Å². The predicted octanol–water partition coefficient (Wildman–Crippen LogP) is 3.48. The topological polar surface area (TPSA) is 13.1 Å². The average molecular weight is 184 g/mol. The fourth-order valence-electron chi connectivity index (χ4n) is 2.12. The summed E-state index contributed by atoms with van der Waals surface area (Å²) in [7, 11) is 0. The third-order valence-corrected chi connectivity index (χ3v) is 2.88. The second kappa shape index (κ2) is 2.74. The van der Waals surface area contributed by atoms with Crippen molar-refractivity contribution in [2.75, 3.05) is 0 Å². The van der Waals surface area contributed by atoms with Gasteiger partial charge in [-0.1, -0.05) is 29.8 Å². The Balaban J connectivity index is 2.28. The molecule has 0 spiro atoms. The van der Waals surface area contributed by atoms with E-state index in [1.807, 2.05) is 12.1 Å². The summed E-state index contributed by atoms with van der Waals surface area (Å²) in [4.78, 5) is 0. The summed E-state index contributed by atoms with van der Waals surface area (Å²) in [6.45, 7) is 2.16. The fraction of sp³-hybridized carbons (Fsp3) is 0.231. The summed E-state index contributed by atoms with van der Waals surface area (Å²) in [6.07, 6.45) is 4.30. The van der Waals surface area contributed by atoms with Gasteiger partial charge in [0.15, 0.2) is 0 Å². The molecular formula is C13H12O. The van der Waals surface area contributed by atoms with Crippen LogP contribution >= 0.6 is 0 Å². The molecular weight excluding hydrogens is 172 g/mol. The van der Waals surface area contributed by atoms with Crippen molar-refractivity contribution < 1.29 is 4.42 Å². The van der Waals surface area contributed by atoms with Gasteiger partial charge in [-0.05, 0) is 19.4 Å².